The lowest BCUT2D eigenvalue weighted by Gasteiger charge is -2.26. The number of rotatable bonds is 5. The van der Waals surface area contributed by atoms with Crippen LogP contribution in [0.5, 0.6) is 0 Å². The predicted molar refractivity (Wildman–Crippen MR) is 116 cm³/mol. The zero-order valence-electron chi connectivity index (χ0n) is 17.0. The lowest BCUT2D eigenvalue weighted by Crippen LogP contribution is -2.34. The van der Waals surface area contributed by atoms with E-state index in [1.165, 1.54) is 11.1 Å². The normalized spacial score (nSPS) is 18.5. The smallest absolute Gasteiger partial charge is 0.232 e. The van der Waals surface area contributed by atoms with E-state index in [1.807, 2.05) is 18.5 Å². The average molecular weight is 413 g/mol. The highest BCUT2D eigenvalue weighted by Gasteiger charge is 2.32. The molecule has 0 radical (unpaired) electrons. The number of nitrogens with zero attached hydrogens (tertiary/aromatic N) is 7. The fourth-order valence-corrected chi connectivity index (χ4v) is 4.78. The van der Waals surface area contributed by atoms with Gasteiger partial charge in [-0.05, 0) is 36.5 Å². The zero-order chi connectivity index (χ0) is 20.6. The molecule has 156 valence electrons. The number of hydrogen-bond acceptors (Lipinski definition) is 7. The molecule has 1 unspecified atom stereocenters. The highest BCUT2D eigenvalue weighted by Crippen LogP contribution is 2.34. The number of imidazole rings is 1. The number of benzene rings is 1. The Kier molecular flexibility index (Phi) is 4.37. The van der Waals surface area contributed by atoms with Crippen LogP contribution in [0.25, 0.3) is 0 Å². The lowest BCUT2D eigenvalue weighted by atomic mass is 10.1. The molecule has 3 aromatic heterocycles. The topological polar surface area (TPSA) is 103 Å². The van der Waals surface area contributed by atoms with Crippen molar-refractivity contribution in [2.75, 3.05) is 22.9 Å². The molecule has 31 heavy (non-hydrogen) atoms. The molecule has 9 nitrogen and oxygen atoms in total. The SMILES string of the molecule is c1cnc(N(c2ncc(N3CCC(c4cn[nH]n4)C3)[nH]2)C2Cc3ccccc3C2)nc1. The van der Waals surface area contributed by atoms with Crippen molar-refractivity contribution in [1.29, 1.82) is 0 Å². The first-order chi connectivity index (χ1) is 15.3. The maximum Gasteiger partial charge on any atom is 0.232 e. The minimum Gasteiger partial charge on any atom is -0.356 e. The van der Waals surface area contributed by atoms with Crippen LogP contribution in [-0.2, 0) is 12.8 Å². The highest BCUT2D eigenvalue weighted by molar-refractivity contribution is 5.56. The Hall–Kier alpha value is -3.75. The number of aromatic amines is 2. The number of hydrogen-bond donors (Lipinski definition) is 2. The number of fused-ring (bicyclic) bond motifs is 1. The van der Waals surface area contributed by atoms with E-state index in [0.717, 1.165) is 49.8 Å². The van der Waals surface area contributed by atoms with Crippen LogP contribution in [0.1, 0.15) is 29.2 Å². The van der Waals surface area contributed by atoms with Gasteiger partial charge in [-0.15, -0.1) is 0 Å². The van der Waals surface area contributed by atoms with Crippen LogP contribution >= 0.6 is 0 Å². The molecule has 0 bridgehead atoms. The summed E-state index contributed by atoms with van der Waals surface area (Å²) in [6, 6.07) is 10.7. The molecule has 1 aromatic carbocycles. The Morgan fingerprint density at radius 1 is 0.968 bits per heavy atom. The molecule has 1 fully saturated rings. The summed E-state index contributed by atoms with van der Waals surface area (Å²) in [6.45, 7) is 1.85. The van der Waals surface area contributed by atoms with Crippen LogP contribution in [0, 0.1) is 0 Å². The summed E-state index contributed by atoms with van der Waals surface area (Å²) < 4.78 is 0. The van der Waals surface area contributed by atoms with Gasteiger partial charge in [-0.2, -0.15) is 15.4 Å². The van der Waals surface area contributed by atoms with Crippen LogP contribution in [0.4, 0.5) is 17.7 Å². The molecule has 4 heterocycles. The fraction of sp³-hybridized carbons (Fsp3) is 0.318. The molecule has 1 aliphatic carbocycles. The van der Waals surface area contributed by atoms with Gasteiger partial charge in [-0.3, -0.25) is 4.90 Å². The van der Waals surface area contributed by atoms with Gasteiger partial charge in [0, 0.05) is 37.4 Å². The summed E-state index contributed by atoms with van der Waals surface area (Å²) >= 11 is 0. The molecule has 0 saturated carbocycles. The van der Waals surface area contributed by atoms with Gasteiger partial charge < -0.3 is 9.88 Å². The van der Waals surface area contributed by atoms with E-state index in [2.05, 4.69) is 64.4 Å². The van der Waals surface area contributed by atoms with Crippen LogP contribution in [0.3, 0.4) is 0 Å². The van der Waals surface area contributed by atoms with Gasteiger partial charge in [0.15, 0.2) is 0 Å². The molecule has 0 spiro atoms. The Morgan fingerprint density at radius 2 is 1.77 bits per heavy atom. The second kappa shape index (κ2) is 7.50. The lowest BCUT2D eigenvalue weighted by molar-refractivity contribution is 0.664. The third-order valence-corrected chi connectivity index (χ3v) is 6.32. The number of nitrogens with one attached hydrogen (secondary N) is 2. The summed E-state index contributed by atoms with van der Waals surface area (Å²) in [6.07, 6.45) is 10.2. The molecule has 4 aromatic rings. The molecular weight excluding hydrogens is 390 g/mol. The molecule has 9 heteroatoms. The summed E-state index contributed by atoms with van der Waals surface area (Å²) in [5, 5.41) is 10.9. The predicted octanol–water partition coefficient (Wildman–Crippen LogP) is 2.62. The summed E-state index contributed by atoms with van der Waals surface area (Å²) in [4.78, 5) is 21.8. The van der Waals surface area contributed by atoms with Gasteiger partial charge in [0.2, 0.25) is 11.9 Å². The van der Waals surface area contributed by atoms with E-state index in [0.29, 0.717) is 11.9 Å². The van der Waals surface area contributed by atoms with Crippen LogP contribution in [-0.4, -0.2) is 54.5 Å². The van der Waals surface area contributed by atoms with Crippen molar-refractivity contribution in [2.24, 2.45) is 0 Å². The largest absolute Gasteiger partial charge is 0.356 e. The fourth-order valence-electron chi connectivity index (χ4n) is 4.78. The average Bonchev–Trinajstić information content (AvgIpc) is 3.61. The molecule has 1 aliphatic heterocycles. The first kappa shape index (κ1) is 18.1. The molecule has 0 amide bonds. The Morgan fingerprint density at radius 3 is 2.52 bits per heavy atom. The molecule has 2 N–H and O–H groups in total. The van der Waals surface area contributed by atoms with Crippen molar-refractivity contribution in [3.05, 3.63) is 71.9 Å². The standard InChI is InChI=1S/C22H23N9/c1-2-5-16-11-18(10-15(16)4-1)31(21-23-7-3-8-24-21)22-25-13-20(27-22)30-9-6-17(14-30)19-12-26-29-28-19/h1-5,7-8,12-13,17-18H,6,9-11,14H2,(H,25,27)(H,26,28,29). The van der Waals surface area contributed by atoms with E-state index >= 15 is 0 Å². The Balaban J connectivity index is 1.28. The Bertz CT molecular complexity index is 1130. The monoisotopic (exact) mass is 413 g/mol. The quantitative estimate of drug-likeness (QED) is 0.518. The van der Waals surface area contributed by atoms with Gasteiger partial charge in [0.25, 0.3) is 0 Å². The van der Waals surface area contributed by atoms with Crippen molar-refractivity contribution in [3.8, 4) is 0 Å². The van der Waals surface area contributed by atoms with Gasteiger partial charge in [0.1, 0.15) is 5.82 Å². The maximum atomic E-state index is 4.75. The van der Waals surface area contributed by atoms with Crippen molar-refractivity contribution in [1.82, 2.24) is 35.3 Å². The minimum atomic E-state index is 0.222. The second-order valence-corrected chi connectivity index (χ2v) is 8.17. The van der Waals surface area contributed by atoms with Crippen LogP contribution in [0.15, 0.2) is 55.1 Å². The van der Waals surface area contributed by atoms with E-state index in [9.17, 15) is 0 Å². The maximum absolute atomic E-state index is 4.75. The van der Waals surface area contributed by atoms with Crippen LogP contribution in [0.2, 0.25) is 0 Å². The third-order valence-electron chi connectivity index (χ3n) is 6.32. The van der Waals surface area contributed by atoms with Gasteiger partial charge in [-0.1, -0.05) is 24.3 Å². The van der Waals surface area contributed by atoms with Crippen molar-refractivity contribution >= 4 is 17.7 Å². The number of aromatic nitrogens is 7. The van der Waals surface area contributed by atoms with Crippen molar-refractivity contribution < 1.29 is 0 Å². The van der Waals surface area contributed by atoms with Gasteiger partial charge in [0.05, 0.1) is 18.1 Å². The molecule has 1 saturated heterocycles. The second-order valence-electron chi connectivity index (χ2n) is 8.17. The summed E-state index contributed by atoms with van der Waals surface area (Å²) in [5.41, 5.74) is 3.79. The molecule has 6 rings (SSSR count). The number of anilines is 3. The van der Waals surface area contributed by atoms with E-state index in [4.69, 9.17) is 4.98 Å². The summed E-state index contributed by atoms with van der Waals surface area (Å²) in [7, 11) is 0. The first-order valence-electron chi connectivity index (χ1n) is 10.6. The molecule has 1 atom stereocenters. The highest BCUT2D eigenvalue weighted by atomic mass is 15.4. The Labute approximate surface area is 179 Å². The molecule has 2 aliphatic rings. The van der Waals surface area contributed by atoms with Crippen molar-refractivity contribution in [3.63, 3.8) is 0 Å². The zero-order valence-corrected chi connectivity index (χ0v) is 17.0. The minimum absolute atomic E-state index is 0.222. The van der Waals surface area contributed by atoms with Crippen molar-refractivity contribution in [2.45, 2.75) is 31.2 Å². The van der Waals surface area contributed by atoms with E-state index < -0.39 is 0 Å². The van der Waals surface area contributed by atoms with E-state index in [-0.39, 0.29) is 6.04 Å². The molecular formula is C22H23N9. The van der Waals surface area contributed by atoms with Gasteiger partial charge >= 0.3 is 0 Å². The summed E-state index contributed by atoms with van der Waals surface area (Å²) in [5.74, 6) is 2.84. The number of H-pyrrole nitrogens is 2. The van der Waals surface area contributed by atoms with Crippen LogP contribution < -0.4 is 9.80 Å². The van der Waals surface area contributed by atoms with E-state index in [1.54, 1.807) is 12.4 Å². The first-order valence-corrected chi connectivity index (χ1v) is 10.6. The van der Waals surface area contributed by atoms with Gasteiger partial charge in [-0.25, -0.2) is 15.0 Å². The third kappa shape index (κ3) is 3.31.